The summed E-state index contributed by atoms with van der Waals surface area (Å²) >= 11 is -3.39. The molecule has 0 amide bonds. The standard InChI is InChI=1S/C14H13NO3.2CH3.Sn/c16-13-8-4-1-5-10(13)9-15-12-7-3-2-6-11(12)14(17)18;;;/h1-8,15-16H,9H2,(H,17,18);2*1H3;/q;;;+2/p-2. The topological polar surface area (TPSA) is 47.6 Å². The molecular weight excluding hydrogens is 373 g/mol. The van der Waals surface area contributed by atoms with Gasteiger partial charge in [-0.1, -0.05) is 0 Å². The van der Waals surface area contributed by atoms with E-state index in [-0.39, 0.29) is 5.97 Å². The molecule has 3 rings (SSSR count). The van der Waals surface area contributed by atoms with Crippen LogP contribution >= 0.6 is 0 Å². The molecule has 0 aliphatic carbocycles. The molecule has 1 heterocycles. The Bertz CT molecular complexity index is 685. The summed E-state index contributed by atoms with van der Waals surface area (Å²) in [6, 6.07) is 15.3. The Morgan fingerprint density at radius 3 is 2.57 bits per heavy atom. The SMILES string of the molecule is [CH3][Sn]1([CH3])[O]C(=O)c2ccccc2NCc2ccccc2[O]1. The zero-order valence-corrected chi connectivity index (χ0v) is 14.9. The number of anilines is 1. The van der Waals surface area contributed by atoms with Gasteiger partial charge in [-0.2, -0.15) is 0 Å². The van der Waals surface area contributed by atoms with E-state index in [1.54, 1.807) is 6.07 Å². The van der Waals surface area contributed by atoms with Gasteiger partial charge in [0.1, 0.15) is 0 Å². The zero-order valence-electron chi connectivity index (χ0n) is 12.1. The number of hydrogen-bond donors (Lipinski definition) is 1. The van der Waals surface area contributed by atoms with Crippen molar-refractivity contribution in [2.75, 3.05) is 5.32 Å². The van der Waals surface area contributed by atoms with Crippen LogP contribution < -0.4 is 8.39 Å². The van der Waals surface area contributed by atoms with Crippen LogP contribution in [0.3, 0.4) is 0 Å². The molecule has 4 nitrogen and oxygen atoms in total. The average Bonchev–Trinajstić information content (AvgIpc) is 2.45. The first-order valence-corrected chi connectivity index (χ1v) is 14.9. The van der Waals surface area contributed by atoms with E-state index in [9.17, 15) is 4.79 Å². The Kier molecular flexibility index (Phi) is 3.80. The molecule has 0 saturated carbocycles. The molecule has 0 saturated heterocycles. The first-order chi connectivity index (χ1) is 10.1. The molecular formula is C16H17NO3Sn. The summed E-state index contributed by atoms with van der Waals surface area (Å²) in [6.07, 6.45) is 0. The van der Waals surface area contributed by atoms with E-state index in [1.165, 1.54) is 0 Å². The first-order valence-electron chi connectivity index (χ1n) is 6.88. The molecule has 1 N–H and O–H groups in total. The Hall–Kier alpha value is -1.69. The zero-order chi connectivity index (χ0) is 14.9. The third-order valence-corrected chi connectivity index (χ3v) is 7.25. The molecule has 1 aliphatic heterocycles. The summed E-state index contributed by atoms with van der Waals surface area (Å²) in [5.74, 6) is 0.497. The number of fused-ring (bicyclic) bond motifs is 2. The second kappa shape index (κ2) is 5.60. The summed E-state index contributed by atoms with van der Waals surface area (Å²) in [4.78, 5) is 16.3. The van der Waals surface area contributed by atoms with Crippen LogP contribution in [0.4, 0.5) is 5.69 Å². The summed E-state index contributed by atoms with van der Waals surface area (Å²) in [5.41, 5.74) is 2.42. The number of benzene rings is 2. The minimum atomic E-state index is -3.39. The molecule has 0 atom stereocenters. The van der Waals surface area contributed by atoms with Crippen molar-refractivity contribution in [1.29, 1.82) is 0 Å². The fourth-order valence-corrected chi connectivity index (χ4v) is 6.11. The number of para-hydroxylation sites is 2. The monoisotopic (exact) mass is 391 g/mol. The molecule has 21 heavy (non-hydrogen) atoms. The number of nitrogens with one attached hydrogen (secondary N) is 1. The molecule has 2 aromatic rings. The quantitative estimate of drug-likeness (QED) is 0.700. The third kappa shape index (κ3) is 3.15. The molecule has 0 bridgehead atoms. The first kappa shape index (κ1) is 14.3. The normalized spacial score (nSPS) is 16.6. The van der Waals surface area contributed by atoms with Crippen molar-refractivity contribution in [1.82, 2.24) is 0 Å². The molecule has 0 unspecified atom stereocenters. The number of hydrogen-bond acceptors (Lipinski definition) is 4. The van der Waals surface area contributed by atoms with E-state index in [1.807, 2.05) is 52.3 Å². The van der Waals surface area contributed by atoms with Crippen LogP contribution in [-0.2, 0) is 9.62 Å². The fourth-order valence-electron chi connectivity index (χ4n) is 2.32. The second-order valence-electron chi connectivity index (χ2n) is 5.40. The van der Waals surface area contributed by atoms with Gasteiger partial charge in [-0.15, -0.1) is 0 Å². The predicted molar refractivity (Wildman–Crippen MR) is 83.7 cm³/mol. The van der Waals surface area contributed by atoms with Crippen LogP contribution in [0.15, 0.2) is 48.5 Å². The average molecular weight is 390 g/mol. The maximum absolute atomic E-state index is 12.4. The molecule has 0 radical (unpaired) electrons. The van der Waals surface area contributed by atoms with Crippen molar-refractivity contribution < 1.29 is 10.9 Å². The molecule has 2 aromatic carbocycles. The van der Waals surface area contributed by atoms with E-state index in [2.05, 4.69) is 5.32 Å². The molecule has 1 aliphatic rings. The predicted octanol–water partition coefficient (Wildman–Crippen LogP) is 3.55. The van der Waals surface area contributed by atoms with E-state index in [4.69, 9.17) is 6.15 Å². The fraction of sp³-hybridized carbons (Fsp3) is 0.188. The van der Waals surface area contributed by atoms with E-state index in [0.29, 0.717) is 12.1 Å². The van der Waals surface area contributed by atoms with Crippen molar-refractivity contribution in [3.8, 4) is 5.75 Å². The Morgan fingerprint density at radius 1 is 1.00 bits per heavy atom. The second-order valence-corrected chi connectivity index (χ2v) is 14.6. The van der Waals surface area contributed by atoms with Crippen molar-refractivity contribution in [3.63, 3.8) is 0 Å². The molecule has 0 spiro atoms. The summed E-state index contributed by atoms with van der Waals surface area (Å²) in [7, 11) is 0. The Balaban J connectivity index is 2.06. The van der Waals surface area contributed by atoms with E-state index in [0.717, 1.165) is 17.0 Å². The van der Waals surface area contributed by atoms with Crippen LogP contribution in [0, 0.1) is 0 Å². The van der Waals surface area contributed by atoms with E-state index >= 15 is 0 Å². The maximum atomic E-state index is 12.4. The minimum absolute atomic E-state index is 0.307. The number of carbonyl (C=O) groups is 1. The van der Waals surface area contributed by atoms with Gasteiger partial charge in [0.2, 0.25) is 0 Å². The summed E-state index contributed by atoms with van der Waals surface area (Å²) in [6.45, 7) is 0.614. The van der Waals surface area contributed by atoms with Crippen molar-refractivity contribution in [3.05, 3.63) is 59.7 Å². The van der Waals surface area contributed by atoms with Crippen molar-refractivity contribution >= 4 is 30.9 Å². The van der Waals surface area contributed by atoms with Gasteiger partial charge in [0, 0.05) is 0 Å². The molecule has 0 fully saturated rings. The van der Waals surface area contributed by atoms with Crippen molar-refractivity contribution in [2.24, 2.45) is 0 Å². The summed E-state index contributed by atoms with van der Waals surface area (Å²) < 4.78 is 11.8. The van der Waals surface area contributed by atoms with Gasteiger partial charge < -0.3 is 0 Å². The van der Waals surface area contributed by atoms with Crippen LogP contribution in [-0.4, -0.2) is 25.2 Å². The number of rotatable bonds is 0. The number of carbonyl (C=O) groups excluding carboxylic acids is 1. The van der Waals surface area contributed by atoms with Gasteiger partial charge in [-0.05, 0) is 0 Å². The van der Waals surface area contributed by atoms with Gasteiger partial charge >= 0.3 is 129 Å². The van der Waals surface area contributed by atoms with Gasteiger partial charge in [0.05, 0.1) is 0 Å². The molecule has 5 heteroatoms. The van der Waals surface area contributed by atoms with Gasteiger partial charge in [-0.25, -0.2) is 0 Å². The Labute approximate surface area is 129 Å². The van der Waals surface area contributed by atoms with Crippen LogP contribution in [0.2, 0.25) is 9.88 Å². The molecule has 108 valence electrons. The van der Waals surface area contributed by atoms with Crippen molar-refractivity contribution in [2.45, 2.75) is 16.4 Å². The molecule has 0 aromatic heterocycles. The van der Waals surface area contributed by atoms with Gasteiger partial charge in [0.25, 0.3) is 0 Å². The van der Waals surface area contributed by atoms with Gasteiger partial charge in [0.15, 0.2) is 0 Å². The Morgan fingerprint density at radius 2 is 1.71 bits per heavy atom. The van der Waals surface area contributed by atoms with Crippen LogP contribution in [0.1, 0.15) is 15.9 Å². The van der Waals surface area contributed by atoms with E-state index < -0.39 is 19.2 Å². The van der Waals surface area contributed by atoms with Crippen LogP contribution in [0.5, 0.6) is 5.75 Å². The summed E-state index contributed by atoms with van der Waals surface area (Å²) in [5, 5.41) is 3.29. The van der Waals surface area contributed by atoms with Gasteiger partial charge in [-0.3, -0.25) is 0 Å². The van der Waals surface area contributed by atoms with Crippen LogP contribution in [0.25, 0.3) is 0 Å². The third-order valence-electron chi connectivity index (χ3n) is 3.28.